The van der Waals surface area contributed by atoms with E-state index < -0.39 is 0 Å². The minimum absolute atomic E-state index is 0.455. The molecule has 8 aliphatic rings. The van der Waals surface area contributed by atoms with Crippen molar-refractivity contribution in [2.75, 3.05) is 0 Å². The van der Waals surface area contributed by atoms with E-state index in [1.54, 1.807) is 33.4 Å². The second-order valence-corrected chi connectivity index (χ2v) is 15.7. The van der Waals surface area contributed by atoms with Gasteiger partial charge < -0.3 is 0 Å². The second kappa shape index (κ2) is 11.1. The van der Waals surface area contributed by atoms with Crippen molar-refractivity contribution < 1.29 is 0 Å². The molecule has 0 aromatic heterocycles. The van der Waals surface area contributed by atoms with Gasteiger partial charge in [-0.25, -0.2) is 0 Å². The number of benzene rings is 1. The van der Waals surface area contributed by atoms with E-state index in [-0.39, 0.29) is 0 Å². The Labute approximate surface area is 263 Å². The van der Waals surface area contributed by atoms with Gasteiger partial charge in [-0.3, -0.25) is 0 Å². The summed E-state index contributed by atoms with van der Waals surface area (Å²) >= 11 is 2.11. The van der Waals surface area contributed by atoms with Crippen LogP contribution in [0.25, 0.3) is 5.57 Å². The summed E-state index contributed by atoms with van der Waals surface area (Å²) < 4.78 is 0. The van der Waals surface area contributed by atoms with E-state index in [0.717, 1.165) is 17.8 Å². The maximum atomic E-state index is 2.66. The second-order valence-electron chi connectivity index (χ2n) is 14.6. The maximum absolute atomic E-state index is 2.66. The van der Waals surface area contributed by atoms with E-state index in [1.807, 2.05) is 5.57 Å². The van der Waals surface area contributed by atoms with Gasteiger partial charge in [0, 0.05) is 27.9 Å². The molecule has 2 saturated carbocycles. The number of allylic oxidation sites excluding steroid dienone is 15. The van der Waals surface area contributed by atoms with Crippen LogP contribution in [-0.4, -0.2) is 5.25 Å². The van der Waals surface area contributed by atoms with Gasteiger partial charge in [0.2, 0.25) is 0 Å². The Kier molecular flexibility index (Phi) is 6.95. The van der Waals surface area contributed by atoms with Crippen molar-refractivity contribution in [3.05, 3.63) is 118 Å². The molecule has 1 aromatic carbocycles. The average molecular weight is 583 g/mol. The van der Waals surface area contributed by atoms with Crippen LogP contribution in [0.1, 0.15) is 89.0 Å². The average Bonchev–Trinajstić information content (AvgIpc) is 3.46. The first-order valence-electron chi connectivity index (χ1n) is 17.7. The Bertz CT molecular complexity index is 1560. The van der Waals surface area contributed by atoms with Crippen LogP contribution < -0.4 is 0 Å². The minimum atomic E-state index is 0.455. The zero-order valence-corrected chi connectivity index (χ0v) is 26.5. The molecule has 0 radical (unpaired) electrons. The van der Waals surface area contributed by atoms with Crippen molar-refractivity contribution in [2.45, 2.75) is 93.6 Å². The predicted molar refractivity (Wildman–Crippen MR) is 183 cm³/mol. The predicted octanol–water partition coefficient (Wildman–Crippen LogP) is 11.5. The van der Waals surface area contributed by atoms with E-state index in [9.17, 15) is 0 Å². The van der Waals surface area contributed by atoms with Gasteiger partial charge in [0.05, 0.1) is 0 Å². The molecule has 0 N–H and O–H groups in total. The highest BCUT2D eigenvalue weighted by Gasteiger charge is 2.45. The van der Waals surface area contributed by atoms with E-state index in [2.05, 4.69) is 90.7 Å². The first-order chi connectivity index (χ1) is 21.3. The summed E-state index contributed by atoms with van der Waals surface area (Å²) in [6.45, 7) is 0. The highest BCUT2D eigenvalue weighted by molar-refractivity contribution is 8.01. The highest BCUT2D eigenvalue weighted by atomic mass is 32.2. The molecule has 43 heavy (non-hydrogen) atoms. The van der Waals surface area contributed by atoms with Crippen molar-refractivity contribution in [3.63, 3.8) is 0 Å². The summed E-state index contributed by atoms with van der Waals surface area (Å²) in [6.07, 6.45) is 40.8. The van der Waals surface area contributed by atoms with Crippen LogP contribution in [0.2, 0.25) is 0 Å². The van der Waals surface area contributed by atoms with Crippen LogP contribution in [0.4, 0.5) is 0 Å². The normalized spacial score (nSPS) is 36.2. The van der Waals surface area contributed by atoms with Crippen LogP contribution in [0.15, 0.2) is 117 Å². The van der Waals surface area contributed by atoms with Gasteiger partial charge in [-0.2, -0.15) is 0 Å². The molecule has 9 rings (SSSR count). The van der Waals surface area contributed by atoms with E-state index in [1.165, 1.54) is 93.9 Å². The number of hydrogen-bond donors (Lipinski definition) is 0. The largest absolute Gasteiger partial charge is 0.116 e. The van der Waals surface area contributed by atoms with E-state index >= 15 is 0 Å². The van der Waals surface area contributed by atoms with Crippen LogP contribution in [0, 0.1) is 35.5 Å². The van der Waals surface area contributed by atoms with Gasteiger partial charge in [-0.15, -0.1) is 11.8 Å². The number of rotatable bonds is 3. The van der Waals surface area contributed by atoms with Crippen molar-refractivity contribution in [3.8, 4) is 0 Å². The van der Waals surface area contributed by atoms with Crippen LogP contribution in [-0.2, 0) is 0 Å². The van der Waals surface area contributed by atoms with Gasteiger partial charge in [0.25, 0.3) is 0 Å². The third kappa shape index (κ3) is 4.47. The van der Waals surface area contributed by atoms with Gasteiger partial charge in [-0.05, 0) is 103 Å². The molecular weight excluding hydrogens is 537 g/mol. The van der Waals surface area contributed by atoms with E-state index in [0.29, 0.717) is 23.0 Å². The summed E-state index contributed by atoms with van der Waals surface area (Å²) in [7, 11) is 0. The molecular formula is C42H46S. The molecule has 2 fully saturated rings. The Morgan fingerprint density at radius 3 is 2.51 bits per heavy atom. The third-order valence-corrected chi connectivity index (χ3v) is 13.9. The SMILES string of the molecule is C1=CC(C2=C3CCC=CC3C(C3=CC=C(C4CCCC5CCCCC54)CC3)C3=CCCC=C32)C2Sc3ccccc3C2=C1. The summed E-state index contributed by atoms with van der Waals surface area (Å²) in [5.74, 6) is 4.39. The molecule has 7 atom stereocenters. The molecule has 1 aromatic rings. The summed E-state index contributed by atoms with van der Waals surface area (Å²) in [5, 5.41) is 0.496. The molecule has 7 unspecified atom stereocenters. The standard InChI is InChI=1S/C42H46S/c1-2-13-30-27(11-1)12-9-19-31(30)28-23-25-29(26-24-28)40-33-15-3-5-17-35(33)41(36-18-6-4-16-34(36)40)38-21-10-20-37-32-14-7-8-22-39(32)43-42(37)38/h3,7-8,10,14-16,18,20-23,25,27,30-31,33,38,40,42H,1-2,4-6,9,11-13,17,19,24,26H2. The van der Waals surface area contributed by atoms with E-state index in [4.69, 9.17) is 0 Å². The van der Waals surface area contributed by atoms with Gasteiger partial charge >= 0.3 is 0 Å². The fourth-order valence-corrected chi connectivity index (χ4v) is 12.2. The molecule has 0 bridgehead atoms. The molecule has 0 amide bonds. The first kappa shape index (κ1) is 26.9. The Morgan fingerprint density at radius 2 is 1.56 bits per heavy atom. The smallest absolute Gasteiger partial charge is 0.0454 e. The summed E-state index contributed by atoms with van der Waals surface area (Å²) in [6, 6.07) is 9.11. The third-order valence-electron chi connectivity index (χ3n) is 12.5. The zero-order valence-electron chi connectivity index (χ0n) is 25.6. The fourth-order valence-electron chi connectivity index (χ4n) is 10.7. The number of fused-ring (bicyclic) bond motifs is 6. The zero-order chi connectivity index (χ0) is 28.3. The minimum Gasteiger partial charge on any atom is -0.116 e. The van der Waals surface area contributed by atoms with Crippen molar-refractivity contribution in [2.24, 2.45) is 35.5 Å². The maximum Gasteiger partial charge on any atom is 0.0454 e. The lowest BCUT2D eigenvalue weighted by molar-refractivity contribution is 0.121. The summed E-state index contributed by atoms with van der Waals surface area (Å²) in [4.78, 5) is 1.47. The monoisotopic (exact) mass is 582 g/mol. The highest BCUT2D eigenvalue weighted by Crippen LogP contribution is 2.58. The van der Waals surface area contributed by atoms with Crippen molar-refractivity contribution >= 4 is 17.3 Å². The fraction of sp³-hybridized carbons (Fsp3) is 0.476. The Morgan fingerprint density at radius 1 is 0.698 bits per heavy atom. The molecule has 0 nitrogen and oxygen atoms in total. The van der Waals surface area contributed by atoms with Crippen molar-refractivity contribution in [1.29, 1.82) is 0 Å². The molecule has 7 aliphatic carbocycles. The van der Waals surface area contributed by atoms with Gasteiger partial charge in [0.1, 0.15) is 0 Å². The van der Waals surface area contributed by atoms with Gasteiger partial charge in [-0.1, -0.05) is 122 Å². The number of thioether (sulfide) groups is 1. The molecule has 0 spiro atoms. The molecule has 1 heterocycles. The van der Waals surface area contributed by atoms with Crippen LogP contribution in [0.5, 0.6) is 0 Å². The lowest BCUT2D eigenvalue weighted by Crippen LogP contribution is -2.34. The quantitative estimate of drug-likeness (QED) is 0.319. The lowest BCUT2D eigenvalue weighted by atomic mass is 9.59. The first-order valence-corrected chi connectivity index (χ1v) is 18.6. The summed E-state index contributed by atoms with van der Waals surface area (Å²) in [5.41, 5.74) is 13.3. The molecule has 0 saturated heterocycles. The molecule has 220 valence electrons. The Balaban J connectivity index is 1.08. The van der Waals surface area contributed by atoms with Crippen LogP contribution in [0.3, 0.4) is 0 Å². The molecule has 1 heteroatoms. The van der Waals surface area contributed by atoms with Crippen LogP contribution >= 0.6 is 11.8 Å². The topological polar surface area (TPSA) is 0 Å². The van der Waals surface area contributed by atoms with Gasteiger partial charge in [0.15, 0.2) is 0 Å². The molecule has 1 aliphatic heterocycles. The lowest BCUT2D eigenvalue weighted by Gasteiger charge is -2.46. The van der Waals surface area contributed by atoms with Crippen molar-refractivity contribution in [1.82, 2.24) is 0 Å². The number of hydrogen-bond acceptors (Lipinski definition) is 1. The Hall–Kier alpha value is -2.51.